The second kappa shape index (κ2) is 10.6. The number of hydrogen-bond donors (Lipinski definition) is 1. The van der Waals surface area contributed by atoms with Gasteiger partial charge in [0.2, 0.25) is 17.7 Å². The van der Waals surface area contributed by atoms with Gasteiger partial charge < -0.3 is 10.1 Å². The average molecular weight is 590 g/mol. The number of aryl methyl sites for hydroxylation is 1. The van der Waals surface area contributed by atoms with Crippen LogP contribution in [0, 0.1) is 18.7 Å². The predicted octanol–water partition coefficient (Wildman–Crippen LogP) is 4.80. The maximum atomic E-state index is 13.9. The zero-order chi connectivity index (χ0) is 28.8. The molecular weight excluding hydrogens is 565 g/mol. The van der Waals surface area contributed by atoms with Crippen molar-refractivity contribution in [2.75, 3.05) is 17.3 Å². The van der Waals surface area contributed by atoms with E-state index in [1.54, 1.807) is 18.2 Å². The first-order chi connectivity index (χ1) is 19.8. The lowest BCUT2D eigenvalue weighted by Gasteiger charge is -2.31. The SMILES string of the molecule is COc1ccccc1C1c2sc(=O)n(CC(=O)Nc3cccc(C)c3)c2SC2C(=O)N(c3ccc(F)cc3)C(=O)C21. The quantitative estimate of drug-likeness (QED) is 0.325. The van der Waals surface area contributed by atoms with E-state index in [0.717, 1.165) is 33.6 Å². The van der Waals surface area contributed by atoms with Gasteiger partial charge in [-0.2, -0.15) is 0 Å². The number of hydrogen-bond acceptors (Lipinski definition) is 7. The van der Waals surface area contributed by atoms with E-state index in [1.165, 1.54) is 35.9 Å². The molecule has 0 spiro atoms. The molecular formula is C30H24FN3O5S2. The van der Waals surface area contributed by atoms with E-state index >= 15 is 0 Å². The molecule has 1 saturated heterocycles. The Kier molecular flexibility index (Phi) is 7.00. The molecule has 2 aliphatic rings. The van der Waals surface area contributed by atoms with Crippen molar-refractivity contribution >= 4 is 52.2 Å². The number of aromatic nitrogens is 1. The van der Waals surface area contributed by atoms with Crippen molar-refractivity contribution < 1.29 is 23.5 Å². The highest BCUT2D eigenvalue weighted by Gasteiger charge is 2.57. The highest BCUT2D eigenvalue weighted by Crippen LogP contribution is 2.55. The standard InChI is InChI=1S/C30H24FN3O5S2/c1-16-6-5-7-18(14-16)32-22(35)15-33-29-26(41-30(33)38)23(20-8-3-4-9-21(20)39-2)24-25(40-29)28(37)34(27(24)36)19-12-10-17(31)11-13-19/h3-14,23-25H,15H2,1-2H3,(H,32,35). The van der Waals surface area contributed by atoms with Gasteiger partial charge in [-0.05, 0) is 55.0 Å². The van der Waals surface area contributed by atoms with E-state index in [1.807, 2.05) is 37.3 Å². The number of anilines is 2. The minimum absolute atomic E-state index is 0.258. The summed E-state index contributed by atoms with van der Waals surface area (Å²) in [5, 5.41) is 2.43. The van der Waals surface area contributed by atoms with Gasteiger partial charge in [0.25, 0.3) is 0 Å². The molecule has 1 aromatic heterocycles. The van der Waals surface area contributed by atoms with Crippen LogP contribution in [0.3, 0.4) is 0 Å². The van der Waals surface area contributed by atoms with Gasteiger partial charge in [0.1, 0.15) is 23.4 Å². The summed E-state index contributed by atoms with van der Waals surface area (Å²) < 4.78 is 20.6. The van der Waals surface area contributed by atoms with Crippen LogP contribution in [0.1, 0.15) is 21.9 Å². The number of nitrogens with zero attached hydrogens (tertiary/aromatic N) is 2. The summed E-state index contributed by atoms with van der Waals surface area (Å²) in [6, 6.07) is 19.7. The molecule has 1 N–H and O–H groups in total. The highest BCUT2D eigenvalue weighted by molar-refractivity contribution is 8.00. The van der Waals surface area contributed by atoms with Gasteiger partial charge in [0.15, 0.2) is 0 Å². The molecule has 0 radical (unpaired) electrons. The Bertz CT molecular complexity index is 1750. The molecule has 3 aromatic carbocycles. The number of benzene rings is 3. The molecule has 11 heteroatoms. The molecule has 2 aliphatic heterocycles. The lowest BCUT2D eigenvalue weighted by atomic mass is 9.82. The van der Waals surface area contributed by atoms with E-state index in [-0.39, 0.29) is 17.1 Å². The fraction of sp³-hybridized carbons (Fsp3) is 0.200. The lowest BCUT2D eigenvalue weighted by Crippen LogP contribution is -2.33. The molecule has 4 aromatic rings. The molecule has 8 nitrogen and oxygen atoms in total. The first kappa shape index (κ1) is 27.0. The summed E-state index contributed by atoms with van der Waals surface area (Å²) in [5.74, 6) is -2.78. The van der Waals surface area contributed by atoms with Gasteiger partial charge in [0, 0.05) is 22.0 Å². The molecule has 3 amide bonds. The Labute approximate surface area is 242 Å². The van der Waals surface area contributed by atoms with E-state index in [2.05, 4.69) is 5.32 Å². The molecule has 3 unspecified atom stereocenters. The molecule has 6 rings (SSSR count). The Morgan fingerprint density at radius 2 is 1.76 bits per heavy atom. The molecule has 1 fully saturated rings. The molecule has 0 bridgehead atoms. The van der Waals surface area contributed by atoms with Gasteiger partial charge in [0.05, 0.1) is 23.7 Å². The van der Waals surface area contributed by atoms with Crippen LogP contribution in [0.25, 0.3) is 0 Å². The smallest absolute Gasteiger partial charge is 0.308 e. The fourth-order valence-electron chi connectivity index (χ4n) is 5.43. The zero-order valence-corrected chi connectivity index (χ0v) is 23.6. The number of fused-ring (bicyclic) bond motifs is 2. The van der Waals surface area contributed by atoms with Gasteiger partial charge in [-0.1, -0.05) is 53.4 Å². The number of thioether (sulfide) groups is 1. The lowest BCUT2D eigenvalue weighted by molar-refractivity contribution is -0.122. The summed E-state index contributed by atoms with van der Waals surface area (Å²) in [6.45, 7) is 1.65. The van der Waals surface area contributed by atoms with Crippen molar-refractivity contribution in [1.29, 1.82) is 0 Å². The van der Waals surface area contributed by atoms with Crippen molar-refractivity contribution in [1.82, 2.24) is 4.57 Å². The van der Waals surface area contributed by atoms with Gasteiger partial charge in [-0.15, -0.1) is 0 Å². The summed E-state index contributed by atoms with van der Waals surface area (Å²) in [7, 11) is 1.52. The number of carbonyl (C=O) groups excluding carboxylic acids is 3. The van der Waals surface area contributed by atoms with Gasteiger partial charge in [-0.3, -0.25) is 23.7 Å². The fourth-order valence-corrected chi connectivity index (χ4v) is 8.19. The van der Waals surface area contributed by atoms with Crippen LogP contribution in [0.5, 0.6) is 5.75 Å². The van der Waals surface area contributed by atoms with Crippen LogP contribution in [0.4, 0.5) is 15.8 Å². The third-order valence-electron chi connectivity index (χ3n) is 7.21. The number of halogens is 1. The Morgan fingerprint density at radius 3 is 2.49 bits per heavy atom. The average Bonchev–Trinajstić information content (AvgIpc) is 3.39. The molecule has 0 saturated carbocycles. The van der Waals surface area contributed by atoms with E-state index in [4.69, 9.17) is 4.74 Å². The maximum Gasteiger partial charge on any atom is 0.308 e. The van der Waals surface area contributed by atoms with Crippen LogP contribution in [-0.2, 0) is 20.9 Å². The third-order valence-corrected chi connectivity index (χ3v) is 9.82. The van der Waals surface area contributed by atoms with Gasteiger partial charge >= 0.3 is 4.87 Å². The molecule has 41 heavy (non-hydrogen) atoms. The van der Waals surface area contributed by atoms with Crippen LogP contribution in [-0.4, -0.2) is 34.6 Å². The first-order valence-electron chi connectivity index (χ1n) is 12.8. The number of imide groups is 1. The number of para-hydroxylation sites is 1. The normalized spacial score (nSPS) is 19.6. The number of nitrogens with one attached hydrogen (secondary N) is 1. The topological polar surface area (TPSA) is 97.7 Å². The third kappa shape index (κ3) is 4.74. The molecule has 0 aliphatic carbocycles. The summed E-state index contributed by atoms with van der Waals surface area (Å²) in [4.78, 5) is 55.4. The first-order valence-corrected chi connectivity index (χ1v) is 14.5. The van der Waals surface area contributed by atoms with Crippen molar-refractivity contribution in [2.24, 2.45) is 5.92 Å². The summed E-state index contributed by atoms with van der Waals surface area (Å²) >= 11 is 2.08. The Hall–Kier alpha value is -4.22. The van der Waals surface area contributed by atoms with Crippen molar-refractivity contribution in [3.63, 3.8) is 0 Å². The highest BCUT2D eigenvalue weighted by atomic mass is 32.2. The zero-order valence-electron chi connectivity index (χ0n) is 22.0. The number of methoxy groups -OCH3 is 1. The maximum absolute atomic E-state index is 13.9. The van der Waals surface area contributed by atoms with Crippen LogP contribution < -0.4 is 19.8 Å². The van der Waals surface area contributed by atoms with Crippen molar-refractivity contribution in [3.8, 4) is 5.75 Å². The monoisotopic (exact) mass is 589 g/mol. The van der Waals surface area contributed by atoms with Crippen molar-refractivity contribution in [2.45, 2.75) is 29.7 Å². The molecule has 3 heterocycles. The number of rotatable bonds is 6. The van der Waals surface area contributed by atoms with E-state index < -0.39 is 40.6 Å². The number of ether oxygens (including phenoxy) is 1. The second-order valence-corrected chi connectivity index (χ2v) is 11.9. The number of amides is 3. The van der Waals surface area contributed by atoms with Crippen LogP contribution in [0.15, 0.2) is 82.6 Å². The predicted molar refractivity (Wildman–Crippen MR) is 155 cm³/mol. The van der Waals surface area contributed by atoms with E-state index in [9.17, 15) is 23.6 Å². The van der Waals surface area contributed by atoms with Gasteiger partial charge in [-0.25, -0.2) is 9.29 Å². The minimum Gasteiger partial charge on any atom is -0.496 e. The second-order valence-electron chi connectivity index (χ2n) is 9.81. The van der Waals surface area contributed by atoms with Crippen molar-refractivity contribution in [3.05, 3.63) is 104 Å². The summed E-state index contributed by atoms with van der Waals surface area (Å²) in [5.41, 5.74) is 2.52. The Morgan fingerprint density at radius 1 is 1.00 bits per heavy atom. The summed E-state index contributed by atoms with van der Waals surface area (Å²) in [6.07, 6.45) is 0. The molecule has 208 valence electrons. The van der Waals surface area contributed by atoms with E-state index in [0.29, 0.717) is 26.9 Å². The van der Waals surface area contributed by atoms with Crippen LogP contribution in [0.2, 0.25) is 0 Å². The van der Waals surface area contributed by atoms with Crippen LogP contribution >= 0.6 is 23.1 Å². The minimum atomic E-state index is -0.866. The largest absolute Gasteiger partial charge is 0.496 e. The Balaban J connectivity index is 1.43. The number of thiazole rings is 1. The molecule has 3 atom stereocenters. The number of carbonyl (C=O) groups is 3.